The van der Waals surface area contributed by atoms with Gasteiger partial charge in [0.25, 0.3) is 0 Å². The molecule has 0 amide bonds. The zero-order chi connectivity index (χ0) is 23.6. The van der Waals surface area contributed by atoms with Crippen LogP contribution in [0.3, 0.4) is 0 Å². The Hall–Kier alpha value is -2.75. The maximum Gasteiger partial charge on any atom is 0.201 e. The molecule has 0 aromatic heterocycles. The summed E-state index contributed by atoms with van der Waals surface area (Å²) in [6, 6.07) is 15.2. The first kappa shape index (κ1) is 24.9. The van der Waals surface area contributed by atoms with Gasteiger partial charge in [0.2, 0.25) is 5.82 Å². The van der Waals surface area contributed by atoms with Crippen LogP contribution in [0.5, 0.6) is 5.75 Å². The second-order valence-corrected chi connectivity index (χ2v) is 8.50. The van der Waals surface area contributed by atoms with E-state index in [-0.39, 0.29) is 11.3 Å². The SMILES string of the molecule is CCCCCCOc1ccc(-c2ccc(-c3ccc(CCCCC)cc3)c(F)c2)c(F)c1F. The van der Waals surface area contributed by atoms with Gasteiger partial charge in [-0.2, -0.15) is 4.39 Å². The van der Waals surface area contributed by atoms with E-state index >= 15 is 0 Å². The number of aryl methyl sites for hydroxylation is 1. The molecule has 0 saturated carbocycles. The van der Waals surface area contributed by atoms with Crippen LogP contribution in [-0.4, -0.2) is 6.61 Å². The first-order valence-corrected chi connectivity index (χ1v) is 12.0. The van der Waals surface area contributed by atoms with Crippen molar-refractivity contribution in [2.24, 2.45) is 0 Å². The van der Waals surface area contributed by atoms with Crippen LogP contribution in [0.4, 0.5) is 13.2 Å². The Morgan fingerprint density at radius 3 is 2.00 bits per heavy atom. The van der Waals surface area contributed by atoms with Crippen molar-refractivity contribution in [3.63, 3.8) is 0 Å². The lowest BCUT2D eigenvalue weighted by Gasteiger charge is -2.12. The zero-order valence-corrected chi connectivity index (χ0v) is 19.6. The Morgan fingerprint density at radius 2 is 1.30 bits per heavy atom. The summed E-state index contributed by atoms with van der Waals surface area (Å²) in [5, 5.41) is 0. The monoisotopic (exact) mass is 454 g/mol. The highest BCUT2D eigenvalue weighted by atomic mass is 19.2. The van der Waals surface area contributed by atoms with Crippen LogP contribution in [0.15, 0.2) is 54.6 Å². The van der Waals surface area contributed by atoms with Crippen molar-refractivity contribution >= 4 is 0 Å². The minimum absolute atomic E-state index is 0.0163. The van der Waals surface area contributed by atoms with Gasteiger partial charge in [0, 0.05) is 11.1 Å². The molecule has 0 unspecified atom stereocenters. The smallest absolute Gasteiger partial charge is 0.201 e. The predicted molar refractivity (Wildman–Crippen MR) is 130 cm³/mol. The van der Waals surface area contributed by atoms with Crippen LogP contribution in [0.1, 0.15) is 64.4 Å². The molecule has 0 saturated heterocycles. The first-order chi connectivity index (χ1) is 16.0. The Bertz CT molecular complexity index is 1030. The van der Waals surface area contributed by atoms with Crippen molar-refractivity contribution in [1.82, 2.24) is 0 Å². The molecule has 3 aromatic carbocycles. The van der Waals surface area contributed by atoms with Crippen LogP contribution in [-0.2, 0) is 6.42 Å². The van der Waals surface area contributed by atoms with E-state index in [1.54, 1.807) is 12.1 Å². The Kier molecular flexibility index (Phi) is 9.41. The number of hydrogen-bond donors (Lipinski definition) is 0. The van der Waals surface area contributed by atoms with Crippen molar-refractivity contribution in [2.75, 3.05) is 6.61 Å². The van der Waals surface area contributed by atoms with Crippen molar-refractivity contribution < 1.29 is 17.9 Å². The fraction of sp³-hybridized carbons (Fsp3) is 0.379. The summed E-state index contributed by atoms with van der Waals surface area (Å²) in [5.41, 5.74) is 2.74. The number of ether oxygens (including phenoxy) is 1. The van der Waals surface area contributed by atoms with E-state index in [2.05, 4.69) is 13.8 Å². The fourth-order valence-electron chi connectivity index (χ4n) is 3.92. The molecule has 3 rings (SSSR count). The summed E-state index contributed by atoms with van der Waals surface area (Å²) in [4.78, 5) is 0. The molecule has 0 radical (unpaired) electrons. The van der Waals surface area contributed by atoms with Gasteiger partial charge in [-0.05, 0) is 54.2 Å². The third-order valence-corrected chi connectivity index (χ3v) is 5.92. The van der Waals surface area contributed by atoms with Crippen molar-refractivity contribution in [3.8, 4) is 28.0 Å². The minimum atomic E-state index is -1.04. The molecule has 0 fully saturated rings. The van der Waals surface area contributed by atoms with Gasteiger partial charge in [0.15, 0.2) is 11.6 Å². The standard InChI is InChI=1S/C29H33F3O/c1-3-5-7-9-19-33-27-18-17-25(28(31)29(27)32)23-15-16-24(26(30)20-23)22-13-11-21(12-14-22)10-8-6-4-2/h11-18,20H,3-10,19H2,1-2H3. The van der Waals surface area contributed by atoms with E-state index in [1.807, 2.05) is 24.3 Å². The Morgan fingerprint density at radius 1 is 0.636 bits per heavy atom. The van der Waals surface area contributed by atoms with E-state index in [4.69, 9.17) is 4.74 Å². The van der Waals surface area contributed by atoms with Crippen LogP contribution in [0.2, 0.25) is 0 Å². The lowest BCUT2D eigenvalue weighted by molar-refractivity contribution is 0.285. The molecule has 33 heavy (non-hydrogen) atoms. The van der Waals surface area contributed by atoms with E-state index in [0.717, 1.165) is 44.1 Å². The minimum Gasteiger partial charge on any atom is -0.490 e. The molecule has 3 aromatic rings. The second-order valence-electron chi connectivity index (χ2n) is 8.50. The van der Waals surface area contributed by atoms with Crippen LogP contribution in [0.25, 0.3) is 22.3 Å². The number of benzene rings is 3. The maximum atomic E-state index is 14.9. The van der Waals surface area contributed by atoms with Crippen LogP contribution in [0, 0.1) is 17.5 Å². The molecular formula is C29H33F3O. The molecule has 0 atom stereocenters. The average Bonchev–Trinajstić information content (AvgIpc) is 2.82. The molecule has 0 bridgehead atoms. The molecule has 4 heteroatoms. The Balaban J connectivity index is 1.73. The third kappa shape index (κ3) is 6.63. The molecule has 0 aliphatic carbocycles. The number of halogens is 3. The van der Waals surface area contributed by atoms with Crippen LogP contribution < -0.4 is 4.74 Å². The Labute approximate surface area is 195 Å². The summed E-state index contributed by atoms with van der Waals surface area (Å²) in [6.07, 6.45) is 8.49. The van der Waals surface area contributed by atoms with Gasteiger partial charge in [-0.15, -0.1) is 0 Å². The van der Waals surface area contributed by atoms with Gasteiger partial charge in [0.05, 0.1) is 6.61 Å². The summed E-state index contributed by atoms with van der Waals surface area (Å²) in [6.45, 7) is 4.62. The first-order valence-electron chi connectivity index (χ1n) is 12.0. The second kappa shape index (κ2) is 12.5. The predicted octanol–water partition coefficient (Wildman–Crippen LogP) is 9.13. The third-order valence-electron chi connectivity index (χ3n) is 5.92. The van der Waals surface area contributed by atoms with E-state index in [9.17, 15) is 13.2 Å². The van der Waals surface area contributed by atoms with Gasteiger partial charge in [-0.3, -0.25) is 0 Å². The summed E-state index contributed by atoms with van der Waals surface area (Å²) >= 11 is 0. The van der Waals surface area contributed by atoms with Crippen molar-refractivity contribution in [2.45, 2.75) is 65.2 Å². The average molecular weight is 455 g/mol. The van der Waals surface area contributed by atoms with Crippen LogP contribution >= 0.6 is 0 Å². The van der Waals surface area contributed by atoms with Gasteiger partial charge in [0.1, 0.15) is 5.82 Å². The summed E-state index contributed by atoms with van der Waals surface area (Å²) in [5.74, 6) is -2.64. The molecule has 0 N–H and O–H groups in total. The van der Waals surface area contributed by atoms with Gasteiger partial charge < -0.3 is 4.74 Å². The number of rotatable bonds is 12. The lowest BCUT2D eigenvalue weighted by atomic mass is 9.97. The molecule has 176 valence electrons. The van der Waals surface area contributed by atoms with Crippen molar-refractivity contribution in [3.05, 3.63) is 77.6 Å². The molecule has 0 heterocycles. The zero-order valence-electron chi connectivity index (χ0n) is 19.6. The number of hydrogen-bond acceptors (Lipinski definition) is 1. The van der Waals surface area contributed by atoms with E-state index in [0.29, 0.717) is 17.7 Å². The molecule has 1 nitrogen and oxygen atoms in total. The highest BCUT2D eigenvalue weighted by molar-refractivity contribution is 5.72. The highest BCUT2D eigenvalue weighted by Crippen LogP contribution is 2.33. The van der Waals surface area contributed by atoms with Gasteiger partial charge in [-0.1, -0.05) is 82.3 Å². The van der Waals surface area contributed by atoms with Gasteiger partial charge >= 0.3 is 0 Å². The fourth-order valence-corrected chi connectivity index (χ4v) is 3.92. The molecular weight excluding hydrogens is 421 g/mol. The summed E-state index contributed by atoms with van der Waals surface area (Å²) in [7, 11) is 0. The number of unbranched alkanes of at least 4 members (excludes halogenated alkanes) is 5. The topological polar surface area (TPSA) is 9.23 Å². The highest BCUT2D eigenvalue weighted by Gasteiger charge is 2.17. The lowest BCUT2D eigenvalue weighted by Crippen LogP contribution is -2.02. The van der Waals surface area contributed by atoms with E-state index in [1.165, 1.54) is 36.6 Å². The van der Waals surface area contributed by atoms with Gasteiger partial charge in [-0.25, -0.2) is 8.78 Å². The normalized spacial score (nSPS) is 11.1. The van der Waals surface area contributed by atoms with Crippen molar-refractivity contribution in [1.29, 1.82) is 0 Å². The maximum absolute atomic E-state index is 14.9. The largest absolute Gasteiger partial charge is 0.490 e. The molecule has 0 aliphatic heterocycles. The van der Waals surface area contributed by atoms with E-state index < -0.39 is 17.5 Å². The molecule has 0 spiro atoms. The quantitative estimate of drug-likeness (QED) is 0.248. The molecule has 0 aliphatic rings. The summed E-state index contributed by atoms with van der Waals surface area (Å²) < 4.78 is 49.6.